The number of alkyl halides is 1. The van der Waals surface area contributed by atoms with Crippen LogP contribution in [-0.4, -0.2) is 11.5 Å². The molecule has 2 aliphatic carbocycles. The lowest BCUT2D eigenvalue weighted by Gasteiger charge is -2.37. The highest BCUT2D eigenvalue weighted by atomic mass is 35.5. The van der Waals surface area contributed by atoms with Crippen molar-refractivity contribution in [2.45, 2.75) is 90.0 Å². The van der Waals surface area contributed by atoms with Gasteiger partial charge in [-0.15, -0.1) is 0 Å². The zero-order valence-electron chi connectivity index (χ0n) is 14.9. The molecule has 2 saturated carbocycles. The summed E-state index contributed by atoms with van der Waals surface area (Å²) in [5, 5.41) is 9.08. The average molecular weight is 327 g/mol. The Bertz CT molecular complexity index is 321. The van der Waals surface area contributed by atoms with E-state index in [1.807, 2.05) is 6.92 Å². The van der Waals surface area contributed by atoms with Crippen LogP contribution in [-0.2, 0) is 0 Å². The summed E-state index contributed by atoms with van der Waals surface area (Å²) in [5.41, 5.74) is 0. The molecule has 0 saturated heterocycles. The second kappa shape index (κ2) is 8.66. The largest absolute Gasteiger partial charge is 0.192 e. The van der Waals surface area contributed by atoms with E-state index < -0.39 is 5.00 Å². The molecule has 0 aromatic carbocycles. The molecule has 0 radical (unpaired) electrons. The molecule has 0 aromatic rings. The van der Waals surface area contributed by atoms with Crippen molar-refractivity contribution in [3.8, 4) is 0 Å². The van der Waals surface area contributed by atoms with Crippen molar-refractivity contribution in [2.75, 3.05) is 6.54 Å². The Hall–Kier alpha value is -0.110. The number of azo groups is 1. The van der Waals surface area contributed by atoms with Crippen molar-refractivity contribution in [3.05, 3.63) is 0 Å². The molecule has 0 bridgehead atoms. The van der Waals surface area contributed by atoms with E-state index in [0.29, 0.717) is 5.92 Å². The summed E-state index contributed by atoms with van der Waals surface area (Å²) < 4.78 is 0. The van der Waals surface area contributed by atoms with Crippen LogP contribution in [0.4, 0.5) is 0 Å². The third-order valence-corrected chi connectivity index (χ3v) is 6.64. The molecule has 0 N–H and O–H groups in total. The fraction of sp³-hybridized carbons (Fsp3) is 1.00. The summed E-state index contributed by atoms with van der Waals surface area (Å²) in [6, 6.07) is 0. The van der Waals surface area contributed by atoms with E-state index in [-0.39, 0.29) is 0 Å². The molecule has 1 atom stereocenters. The summed E-state index contributed by atoms with van der Waals surface area (Å²) in [6.07, 6.45) is 14.2. The highest BCUT2D eigenvalue weighted by molar-refractivity contribution is 6.23. The predicted molar refractivity (Wildman–Crippen MR) is 95.5 cm³/mol. The van der Waals surface area contributed by atoms with Crippen LogP contribution in [0.5, 0.6) is 0 Å². The van der Waals surface area contributed by atoms with Gasteiger partial charge in [-0.25, -0.2) is 0 Å². The Morgan fingerprint density at radius 2 is 1.36 bits per heavy atom. The first-order chi connectivity index (χ1) is 10.5. The van der Waals surface area contributed by atoms with Gasteiger partial charge in [-0.1, -0.05) is 89.7 Å². The molecular formula is C19H35ClN2. The maximum absolute atomic E-state index is 6.47. The molecule has 1 unspecified atom stereocenters. The number of hydrogen-bond acceptors (Lipinski definition) is 2. The van der Waals surface area contributed by atoms with Crippen LogP contribution >= 0.6 is 11.6 Å². The van der Waals surface area contributed by atoms with Crippen LogP contribution in [0.1, 0.15) is 85.0 Å². The first-order valence-electron chi connectivity index (χ1n) is 9.58. The summed E-state index contributed by atoms with van der Waals surface area (Å²) in [5.74, 6) is 2.84. The fourth-order valence-electron chi connectivity index (χ4n) is 4.20. The van der Waals surface area contributed by atoms with Gasteiger partial charge in [0.15, 0.2) is 5.00 Å². The lowest BCUT2D eigenvalue weighted by molar-refractivity contribution is 0.148. The SMILES string of the molecule is CC(C)C(C)(Cl)N=NCC(C1CCCCC1)C1CCCCC1. The van der Waals surface area contributed by atoms with Gasteiger partial charge in [-0.05, 0) is 30.6 Å². The first-order valence-corrected chi connectivity index (χ1v) is 9.96. The van der Waals surface area contributed by atoms with Gasteiger partial charge in [0.05, 0.1) is 6.54 Å². The zero-order valence-corrected chi connectivity index (χ0v) is 15.6. The van der Waals surface area contributed by atoms with E-state index in [9.17, 15) is 0 Å². The quantitative estimate of drug-likeness (QED) is 0.290. The van der Waals surface area contributed by atoms with Gasteiger partial charge in [0.1, 0.15) is 0 Å². The molecule has 0 amide bonds. The molecule has 0 aromatic heterocycles. The smallest absolute Gasteiger partial charge is 0.154 e. The maximum atomic E-state index is 6.47. The van der Waals surface area contributed by atoms with Crippen LogP contribution in [0.25, 0.3) is 0 Å². The minimum Gasteiger partial charge on any atom is -0.192 e. The minimum absolute atomic E-state index is 0.320. The lowest BCUT2D eigenvalue weighted by Crippen LogP contribution is -2.30. The van der Waals surface area contributed by atoms with Crippen molar-refractivity contribution in [1.82, 2.24) is 0 Å². The lowest BCUT2D eigenvalue weighted by atomic mass is 9.70. The molecule has 2 aliphatic rings. The molecule has 2 fully saturated rings. The normalized spacial score (nSPS) is 25.2. The maximum Gasteiger partial charge on any atom is 0.154 e. The third-order valence-electron chi connectivity index (χ3n) is 6.12. The number of halogens is 1. The van der Waals surface area contributed by atoms with Gasteiger partial charge in [0, 0.05) is 0 Å². The summed E-state index contributed by atoms with van der Waals surface area (Å²) in [7, 11) is 0. The van der Waals surface area contributed by atoms with Gasteiger partial charge >= 0.3 is 0 Å². The Balaban J connectivity index is 1.98. The van der Waals surface area contributed by atoms with E-state index >= 15 is 0 Å². The molecular weight excluding hydrogens is 292 g/mol. The molecule has 0 heterocycles. The molecule has 0 spiro atoms. The Labute approximate surface area is 142 Å². The monoisotopic (exact) mass is 326 g/mol. The fourth-order valence-corrected chi connectivity index (χ4v) is 4.25. The Kier molecular flexibility index (Phi) is 7.18. The molecule has 3 heteroatoms. The number of nitrogens with zero attached hydrogens (tertiary/aromatic N) is 2. The third kappa shape index (κ3) is 5.22. The van der Waals surface area contributed by atoms with Crippen LogP contribution in [0.3, 0.4) is 0 Å². The van der Waals surface area contributed by atoms with Gasteiger partial charge in [-0.2, -0.15) is 10.2 Å². The first kappa shape index (κ1) is 18.2. The second-order valence-electron chi connectivity index (χ2n) is 8.06. The van der Waals surface area contributed by atoms with Crippen molar-refractivity contribution < 1.29 is 0 Å². The van der Waals surface area contributed by atoms with E-state index in [1.54, 1.807) is 0 Å². The Morgan fingerprint density at radius 3 is 1.77 bits per heavy atom. The van der Waals surface area contributed by atoms with E-state index in [0.717, 1.165) is 24.3 Å². The summed E-state index contributed by atoms with van der Waals surface area (Å²) in [6.45, 7) is 7.13. The van der Waals surface area contributed by atoms with Crippen LogP contribution < -0.4 is 0 Å². The highest BCUT2D eigenvalue weighted by Crippen LogP contribution is 2.40. The predicted octanol–water partition coefficient (Wildman–Crippen LogP) is 6.83. The topological polar surface area (TPSA) is 24.7 Å². The van der Waals surface area contributed by atoms with Crippen LogP contribution in [0.2, 0.25) is 0 Å². The highest BCUT2D eigenvalue weighted by Gasteiger charge is 2.32. The van der Waals surface area contributed by atoms with Crippen molar-refractivity contribution in [3.63, 3.8) is 0 Å². The van der Waals surface area contributed by atoms with E-state index in [2.05, 4.69) is 24.1 Å². The minimum atomic E-state index is -0.538. The van der Waals surface area contributed by atoms with Crippen LogP contribution in [0.15, 0.2) is 10.2 Å². The van der Waals surface area contributed by atoms with Gasteiger partial charge < -0.3 is 0 Å². The Morgan fingerprint density at radius 1 is 0.909 bits per heavy atom. The standard InChI is InChI=1S/C19H35ClN2/c1-15(2)19(3,20)22-21-14-18(16-10-6-4-7-11-16)17-12-8-5-9-13-17/h15-18H,4-14H2,1-3H3. The van der Waals surface area contributed by atoms with Crippen molar-refractivity contribution in [2.24, 2.45) is 33.9 Å². The van der Waals surface area contributed by atoms with Gasteiger partial charge in [0.2, 0.25) is 0 Å². The molecule has 2 rings (SSSR count). The molecule has 128 valence electrons. The number of rotatable bonds is 6. The van der Waals surface area contributed by atoms with Crippen molar-refractivity contribution in [1.29, 1.82) is 0 Å². The van der Waals surface area contributed by atoms with Crippen LogP contribution in [0, 0.1) is 23.7 Å². The summed E-state index contributed by atoms with van der Waals surface area (Å²) in [4.78, 5) is -0.538. The van der Waals surface area contributed by atoms with Gasteiger partial charge in [0.25, 0.3) is 0 Å². The van der Waals surface area contributed by atoms with Crippen molar-refractivity contribution >= 4 is 11.6 Å². The number of hydrogen-bond donors (Lipinski definition) is 0. The zero-order chi connectivity index (χ0) is 16.0. The van der Waals surface area contributed by atoms with Gasteiger partial charge in [-0.3, -0.25) is 0 Å². The second-order valence-corrected chi connectivity index (χ2v) is 8.83. The average Bonchev–Trinajstić information content (AvgIpc) is 2.53. The molecule has 0 aliphatic heterocycles. The van der Waals surface area contributed by atoms with E-state index in [4.69, 9.17) is 11.6 Å². The molecule has 22 heavy (non-hydrogen) atoms. The molecule has 2 nitrogen and oxygen atoms in total. The summed E-state index contributed by atoms with van der Waals surface area (Å²) >= 11 is 6.47. The van der Waals surface area contributed by atoms with E-state index in [1.165, 1.54) is 64.2 Å².